The Bertz CT molecular complexity index is 514. The van der Waals surface area contributed by atoms with Crippen molar-refractivity contribution in [3.05, 3.63) is 24.3 Å². The van der Waals surface area contributed by atoms with Gasteiger partial charge in [-0.05, 0) is 18.1 Å². The first-order valence-corrected chi connectivity index (χ1v) is 6.07. The Morgan fingerprint density at radius 2 is 2.17 bits per heavy atom. The Balaban J connectivity index is 2.15. The van der Waals surface area contributed by atoms with Gasteiger partial charge in [-0.25, -0.2) is 4.98 Å². The lowest BCUT2D eigenvalue weighted by atomic mass is 9.95. The molecule has 1 aromatic heterocycles. The molecule has 1 amide bonds. The van der Waals surface area contributed by atoms with Crippen LogP contribution in [0.1, 0.15) is 13.8 Å². The van der Waals surface area contributed by atoms with E-state index in [1.807, 2.05) is 38.1 Å². The first kappa shape index (κ1) is 12.6. The quantitative estimate of drug-likeness (QED) is 0.768. The highest BCUT2D eigenvalue weighted by atomic mass is 16.2. The molecule has 0 bridgehead atoms. The number of hydrogen-bond donors (Lipinski definition) is 3. The molecule has 4 N–H and O–H groups in total. The second-order valence-corrected chi connectivity index (χ2v) is 4.68. The van der Waals surface area contributed by atoms with Crippen molar-refractivity contribution in [2.24, 2.45) is 17.6 Å². The number of aromatic nitrogens is 2. The van der Waals surface area contributed by atoms with E-state index in [9.17, 15) is 4.79 Å². The number of imidazole rings is 1. The molecule has 0 fully saturated rings. The summed E-state index contributed by atoms with van der Waals surface area (Å²) >= 11 is 0. The zero-order chi connectivity index (χ0) is 13.1. The molecular formula is C13H18N4O. The van der Waals surface area contributed by atoms with Gasteiger partial charge in [0.2, 0.25) is 11.9 Å². The standard InChI is InChI=1S/C13H18N4O/c1-8(2)9(7-14)12(18)17-13-15-10-5-3-4-6-11(10)16-13/h3-6,8-9H,7,14H2,1-2H3,(H2,15,16,17,18). The van der Waals surface area contributed by atoms with E-state index in [2.05, 4.69) is 15.3 Å². The van der Waals surface area contributed by atoms with Gasteiger partial charge in [-0.15, -0.1) is 0 Å². The zero-order valence-electron chi connectivity index (χ0n) is 10.6. The Morgan fingerprint density at radius 3 is 2.78 bits per heavy atom. The predicted octanol–water partition coefficient (Wildman–Crippen LogP) is 1.73. The van der Waals surface area contributed by atoms with Gasteiger partial charge < -0.3 is 10.7 Å². The molecular weight excluding hydrogens is 228 g/mol. The van der Waals surface area contributed by atoms with E-state index in [-0.39, 0.29) is 17.7 Å². The minimum absolute atomic E-state index is 0.0912. The number of carbonyl (C=O) groups is 1. The molecule has 0 radical (unpaired) electrons. The third-order valence-electron chi connectivity index (χ3n) is 3.03. The summed E-state index contributed by atoms with van der Waals surface area (Å²) in [5, 5.41) is 2.78. The van der Waals surface area contributed by atoms with Crippen LogP contribution in [0.25, 0.3) is 11.0 Å². The minimum Gasteiger partial charge on any atom is -0.330 e. The fourth-order valence-electron chi connectivity index (χ4n) is 1.90. The van der Waals surface area contributed by atoms with Gasteiger partial charge >= 0.3 is 0 Å². The van der Waals surface area contributed by atoms with Crippen LogP contribution in [0.15, 0.2) is 24.3 Å². The Hall–Kier alpha value is -1.88. The highest BCUT2D eigenvalue weighted by molar-refractivity contribution is 5.92. The fraction of sp³-hybridized carbons (Fsp3) is 0.385. The van der Waals surface area contributed by atoms with E-state index in [0.717, 1.165) is 11.0 Å². The third-order valence-corrected chi connectivity index (χ3v) is 3.03. The molecule has 1 atom stereocenters. The molecule has 5 heteroatoms. The van der Waals surface area contributed by atoms with E-state index in [1.54, 1.807) is 0 Å². The Labute approximate surface area is 106 Å². The lowest BCUT2D eigenvalue weighted by molar-refractivity contribution is -0.120. The summed E-state index contributed by atoms with van der Waals surface area (Å²) < 4.78 is 0. The summed E-state index contributed by atoms with van der Waals surface area (Å²) in [5.41, 5.74) is 7.35. The number of benzene rings is 1. The number of rotatable bonds is 4. The van der Waals surface area contributed by atoms with Crippen molar-refractivity contribution < 1.29 is 4.79 Å². The molecule has 0 aliphatic heterocycles. The minimum atomic E-state index is -0.196. The van der Waals surface area contributed by atoms with Crippen molar-refractivity contribution in [1.29, 1.82) is 0 Å². The van der Waals surface area contributed by atoms with Crippen molar-refractivity contribution in [3.8, 4) is 0 Å². The Morgan fingerprint density at radius 1 is 1.44 bits per heavy atom. The second-order valence-electron chi connectivity index (χ2n) is 4.68. The number of carbonyl (C=O) groups excluding carboxylic acids is 1. The number of hydrogen-bond acceptors (Lipinski definition) is 3. The van der Waals surface area contributed by atoms with Crippen molar-refractivity contribution in [1.82, 2.24) is 9.97 Å². The summed E-state index contributed by atoms with van der Waals surface area (Å²) in [5.74, 6) is 0.393. The van der Waals surface area contributed by atoms with E-state index in [0.29, 0.717) is 12.5 Å². The highest BCUT2D eigenvalue weighted by Crippen LogP contribution is 2.16. The number of H-pyrrole nitrogens is 1. The van der Waals surface area contributed by atoms with Crippen LogP contribution in [-0.4, -0.2) is 22.4 Å². The molecule has 2 rings (SSSR count). The van der Waals surface area contributed by atoms with Gasteiger partial charge in [-0.2, -0.15) is 0 Å². The number of aromatic amines is 1. The number of anilines is 1. The summed E-state index contributed by atoms with van der Waals surface area (Å²) in [7, 11) is 0. The normalized spacial score (nSPS) is 12.9. The van der Waals surface area contributed by atoms with Crippen LogP contribution in [0.2, 0.25) is 0 Å². The van der Waals surface area contributed by atoms with Crippen molar-refractivity contribution in [2.75, 3.05) is 11.9 Å². The molecule has 96 valence electrons. The highest BCUT2D eigenvalue weighted by Gasteiger charge is 2.21. The maximum absolute atomic E-state index is 12.0. The zero-order valence-corrected chi connectivity index (χ0v) is 10.6. The number of nitrogens with two attached hydrogens (primary N) is 1. The fourth-order valence-corrected chi connectivity index (χ4v) is 1.90. The van der Waals surface area contributed by atoms with E-state index < -0.39 is 0 Å². The number of fused-ring (bicyclic) bond motifs is 1. The molecule has 1 unspecified atom stereocenters. The molecule has 18 heavy (non-hydrogen) atoms. The molecule has 0 saturated carbocycles. The van der Waals surface area contributed by atoms with Crippen LogP contribution in [0.4, 0.5) is 5.95 Å². The van der Waals surface area contributed by atoms with Crippen molar-refractivity contribution in [3.63, 3.8) is 0 Å². The summed E-state index contributed by atoms with van der Waals surface area (Å²) in [6.45, 7) is 4.30. The largest absolute Gasteiger partial charge is 0.330 e. The molecule has 5 nitrogen and oxygen atoms in total. The molecule has 0 aliphatic carbocycles. The SMILES string of the molecule is CC(C)C(CN)C(=O)Nc1nc2ccccc2[nH]1. The van der Waals surface area contributed by atoms with Gasteiger partial charge in [0.15, 0.2) is 0 Å². The van der Waals surface area contributed by atoms with Crippen molar-refractivity contribution >= 4 is 22.9 Å². The van der Waals surface area contributed by atoms with Gasteiger partial charge in [-0.3, -0.25) is 10.1 Å². The van der Waals surface area contributed by atoms with Gasteiger partial charge in [0.1, 0.15) is 0 Å². The topological polar surface area (TPSA) is 83.8 Å². The van der Waals surface area contributed by atoms with Crippen LogP contribution in [0, 0.1) is 11.8 Å². The molecule has 1 heterocycles. The smallest absolute Gasteiger partial charge is 0.231 e. The lowest BCUT2D eigenvalue weighted by Crippen LogP contribution is -2.33. The van der Waals surface area contributed by atoms with E-state index in [1.165, 1.54) is 0 Å². The van der Waals surface area contributed by atoms with E-state index >= 15 is 0 Å². The molecule has 2 aromatic rings. The first-order valence-electron chi connectivity index (χ1n) is 6.07. The van der Waals surface area contributed by atoms with Crippen LogP contribution in [0.5, 0.6) is 0 Å². The predicted molar refractivity (Wildman–Crippen MR) is 72.1 cm³/mol. The lowest BCUT2D eigenvalue weighted by Gasteiger charge is -2.16. The van der Waals surface area contributed by atoms with Crippen LogP contribution in [0.3, 0.4) is 0 Å². The van der Waals surface area contributed by atoms with Gasteiger partial charge in [0, 0.05) is 6.54 Å². The monoisotopic (exact) mass is 246 g/mol. The van der Waals surface area contributed by atoms with E-state index in [4.69, 9.17) is 5.73 Å². The molecule has 0 saturated heterocycles. The van der Waals surface area contributed by atoms with Crippen LogP contribution >= 0.6 is 0 Å². The van der Waals surface area contributed by atoms with Gasteiger partial charge in [0.25, 0.3) is 0 Å². The second kappa shape index (κ2) is 5.18. The number of nitrogens with zero attached hydrogens (tertiary/aromatic N) is 1. The maximum atomic E-state index is 12.0. The molecule has 0 spiro atoms. The number of amides is 1. The van der Waals surface area contributed by atoms with Gasteiger partial charge in [-0.1, -0.05) is 26.0 Å². The maximum Gasteiger partial charge on any atom is 0.231 e. The van der Waals surface area contributed by atoms with Gasteiger partial charge in [0.05, 0.1) is 17.0 Å². The average Bonchev–Trinajstić information content (AvgIpc) is 2.71. The van der Waals surface area contributed by atoms with Crippen molar-refractivity contribution in [2.45, 2.75) is 13.8 Å². The van der Waals surface area contributed by atoms with Crippen LogP contribution in [-0.2, 0) is 4.79 Å². The number of para-hydroxylation sites is 2. The summed E-state index contributed by atoms with van der Waals surface area (Å²) in [6.07, 6.45) is 0. The third kappa shape index (κ3) is 2.51. The first-order chi connectivity index (χ1) is 8.61. The molecule has 1 aromatic carbocycles. The average molecular weight is 246 g/mol. The van der Waals surface area contributed by atoms with Crippen LogP contribution < -0.4 is 11.1 Å². The Kier molecular flexibility index (Phi) is 3.62. The summed E-state index contributed by atoms with van der Waals surface area (Å²) in [6, 6.07) is 7.64. The summed E-state index contributed by atoms with van der Waals surface area (Å²) in [4.78, 5) is 19.4. The number of nitrogens with one attached hydrogen (secondary N) is 2. The molecule has 0 aliphatic rings.